The van der Waals surface area contributed by atoms with E-state index >= 15 is 0 Å². The molecule has 0 atom stereocenters. The molecule has 0 amide bonds. The molecule has 9 aromatic carbocycles. The van der Waals surface area contributed by atoms with Gasteiger partial charge in [0.1, 0.15) is 0 Å². The Labute approximate surface area is 373 Å². The van der Waals surface area contributed by atoms with E-state index in [0.29, 0.717) is 0 Å². The normalized spacial score (nSPS) is 13.8. The third-order valence-corrected chi connectivity index (χ3v) is 14.4. The minimum Gasteiger partial charge on any atom is -0.310 e. The van der Waals surface area contributed by atoms with Crippen LogP contribution < -0.4 is 4.90 Å². The molecular weight excluding hydrogens is 759 g/mol. The van der Waals surface area contributed by atoms with Crippen molar-refractivity contribution in [3.05, 3.63) is 256 Å². The molecule has 0 aromatic heterocycles. The Morgan fingerprint density at radius 2 is 0.889 bits per heavy atom. The van der Waals surface area contributed by atoms with Crippen molar-refractivity contribution in [1.82, 2.24) is 0 Å². The van der Waals surface area contributed by atoms with E-state index in [-0.39, 0.29) is 5.41 Å². The van der Waals surface area contributed by atoms with Crippen LogP contribution in [0.15, 0.2) is 200 Å². The van der Waals surface area contributed by atoms with E-state index in [2.05, 4.69) is 247 Å². The number of anilines is 3. The maximum Gasteiger partial charge on any atom is 0.0716 e. The monoisotopic (exact) mass is 809 g/mol. The average Bonchev–Trinajstić information content (AvgIpc) is 3.74. The van der Waals surface area contributed by atoms with Crippen LogP contribution in [0.25, 0.3) is 44.5 Å². The molecule has 0 fully saturated rings. The molecule has 0 heterocycles. The van der Waals surface area contributed by atoms with Crippen LogP contribution >= 0.6 is 0 Å². The summed E-state index contributed by atoms with van der Waals surface area (Å²) in [7, 11) is 0. The molecular formula is C62H51N. The van der Waals surface area contributed by atoms with Crippen LogP contribution in [-0.2, 0) is 10.8 Å². The summed E-state index contributed by atoms with van der Waals surface area (Å²) in [5, 5.41) is 0. The van der Waals surface area contributed by atoms with Gasteiger partial charge in [-0.2, -0.15) is 0 Å². The van der Waals surface area contributed by atoms with Gasteiger partial charge in [-0.25, -0.2) is 0 Å². The first kappa shape index (κ1) is 38.7. The summed E-state index contributed by atoms with van der Waals surface area (Å²) in [4.78, 5) is 2.46. The summed E-state index contributed by atoms with van der Waals surface area (Å²) in [5.41, 5.74) is 26.3. The van der Waals surface area contributed by atoms with Gasteiger partial charge in [-0.15, -0.1) is 0 Å². The molecule has 0 N–H and O–H groups in total. The zero-order valence-electron chi connectivity index (χ0n) is 37.0. The standard InChI is InChI=1S/C62H51N/c1-40-35-55-58(37-41(40)2)62(47-22-12-8-13-23-47,48-24-14-9-15-25-48)60-43(4)42(3)36-54(59(55)60)46-21-18-26-50(38-46)63(49-31-29-45(30-32-49)44-19-10-7-11-20-44)51-33-34-53-52-27-16-17-28-56(52)61(5,6)57(53)39-51/h7-39H,1-6H3. The molecule has 9 aromatic rings. The van der Waals surface area contributed by atoms with Gasteiger partial charge in [0.15, 0.2) is 0 Å². The zero-order chi connectivity index (χ0) is 43.0. The molecule has 0 saturated carbocycles. The van der Waals surface area contributed by atoms with E-state index in [1.54, 1.807) is 0 Å². The summed E-state index contributed by atoms with van der Waals surface area (Å²) in [6.45, 7) is 13.9. The summed E-state index contributed by atoms with van der Waals surface area (Å²) in [6, 6.07) is 74.9. The molecule has 0 bridgehead atoms. The predicted octanol–water partition coefficient (Wildman–Crippen LogP) is 16.4. The molecule has 2 aliphatic carbocycles. The van der Waals surface area contributed by atoms with Crippen molar-refractivity contribution in [2.45, 2.75) is 52.4 Å². The molecule has 2 aliphatic rings. The van der Waals surface area contributed by atoms with Gasteiger partial charge in [0.05, 0.1) is 5.41 Å². The second-order valence-corrected chi connectivity index (χ2v) is 18.3. The lowest BCUT2D eigenvalue weighted by Gasteiger charge is -2.35. The highest BCUT2D eigenvalue weighted by molar-refractivity contribution is 5.98. The Hall–Kier alpha value is -7.22. The quantitative estimate of drug-likeness (QED) is 0.155. The Kier molecular flexibility index (Phi) is 9.03. The van der Waals surface area contributed by atoms with Crippen molar-refractivity contribution in [2.24, 2.45) is 0 Å². The van der Waals surface area contributed by atoms with Crippen molar-refractivity contribution in [3.8, 4) is 44.5 Å². The molecule has 0 spiro atoms. The second kappa shape index (κ2) is 14.7. The van der Waals surface area contributed by atoms with E-state index in [1.807, 2.05) is 0 Å². The van der Waals surface area contributed by atoms with Gasteiger partial charge in [0.2, 0.25) is 0 Å². The Morgan fingerprint density at radius 1 is 0.349 bits per heavy atom. The highest BCUT2D eigenvalue weighted by Crippen LogP contribution is 2.60. The van der Waals surface area contributed by atoms with Crippen LogP contribution in [0, 0.1) is 27.7 Å². The number of hydrogen-bond donors (Lipinski definition) is 0. The lowest BCUT2D eigenvalue weighted by Crippen LogP contribution is -2.29. The zero-order valence-corrected chi connectivity index (χ0v) is 37.0. The maximum absolute atomic E-state index is 2.48. The fraction of sp³-hybridized carbons (Fsp3) is 0.129. The van der Waals surface area contributed by atoms with E-state index in [1.165, 1.54) is 100 Å². The third-order valence-electron chi connectivity index (χ3n) is 14.4. The van der Waals surface area contributed by atoms with Crippen LogP contribution in [0.2, 0.25) is 0 Å². The molecule has 1 nitrogen and oxygen atoms in total. The molecule has 11 rings (SSSR count). The van der Waals surface area contributed by atoms with Gasteiger partial charge in [0, 0.05) is 22.5 Å². The molecule has 0 radical (unpaired) electrons. The van der Waals surface area contributed by atoms with Gasteiger partial charge < -0.3 is 4.90 Å². The first-order valence-electron chi connectivity index (χ1n) is 22.3. The highest BCUT2D eigenvalue weighted by atomic mass is 15.1. The number of benzene rings is 9. The molecule has 0 unspecified atom stereocenters. The number of hydrogen-bond acceptors (Lipinski definition) is 1. The van der Waals surface area contributed by atoms with E-state index in [4.69, 9.17) is 0 Å². The lowest BCUT2D eigenvalue weighted by atomic mass is 9.66. The Balaban J connectivity index is 1.15. The molecule has 0 saturated heterocycles. The Morgan fingerprint density at radius 3 is 1.59 bits per heavy atom. The Bertz CT molecular complexity index is 3170. The van der Waals surface area contributed by atoms with E-state index in [9.17, 15) is 0 Å². The summed E-state index contributed by atoms with van der Waals surface area (Å²) in [5.74, 6) is 0. The summed E-state index contributed by atoms with van der Waals surface area (Å²) in [6.07, 6.45) is 0. The minimum atomic E-state index is -0.491. The van der Waals surface area contributed by atoms with E-state index < -0.39 is 5.41 Å². The van der Waals surface area contributed by atoms with Crippen LogP contribution in [0.1, 0.15) is 69.5 Å². The number of rotatable bonds is 7. The van der Waals surface area contributed by atoms with Crippen molar-refractivity contribution in [3.63, 3.8) is 0 Å². The minimum absolute atomic E-state index is 0.125. The molecule has 1 heteroatoms. The summed E-state index contributed by atoms with van der Waals surface area (Å²) < 4.78 is 0. The van der Waals surface area contributed by atoms with Gasteiger partial charge >= 0.3 is 0 Å². The predicted molar refractivity (Wildman–Crippen MR) is 266 cm³/mol. The van der Waals surface area contributed by atoms with Crippen molar-refractivity contribution >= 4 is 17.1 Å². The number of aryl methyl sites for hydroxylation is 3. The van der Waals surface area contributed by atoms with Crippen LogP contribution in [0.3, 0.4) is 0 Å². The fourth-order valence-electron chi connectivity index (χ4n) is 11.0. The number of nitrogens with zero attached hydrogens (tertiary/aromatic N) is 1. The largest absolute Gasteiger partial charge is 0.310 e. The van der Waals surface area contributed by atoms with E-state index in [0.717, 1.165) is 17.1 Å². The molecule has 304 valence electrons. The van der Waals surface area contributed by atoms with Crippen molar-refractivity contribution < 1.29 is 0 Å². The third kappa shape index (κ3) is 5.90. The topological polar surface area (TPSA) is 3.24 Å². The van der Waals surface area contributed by atoms with Gasteiger partial charge in [0.25, 0.3) is 0 Å². The maximum atomic E-state index is 2.48. The lowest BCUT2D eigenvalue weighted by molar-refractivity contribution is 0.660. The summed E-state index contributed by atoms with van der Waals surface area (Å²) >= 11 is 0. The SMILES string of the molecule is Cc1cc2c(cc1C)C(c1ccccc1)(c1ccccc1)c1c(C)c(C)cc(-c3cccc(N(c4ccc(-c5ccccc5)cc4)c4ccc5c(c4)C(C)(C)c4ccccc4-5)c3)c1-2. The molecule has 0 aliphatic heterocycles. The van der Waals surface area contributed by atoms with Crippen molar-refractivity contribution in [2.75, 3.05) is 4.90 Å². The van der Waals surface area contributed by atoms with Gasteiger partial charge in [-0.3, -0.25) is 0 Å². The highest BCUT2D eigenvalue weighted by Gasteiger charge is 2.48. The van der Waals surface area contributed by atoms with Crippen LogP contribution in [0.5, 0.6) is 0 Å². The van der Waals surface area contributed by atoms with Gasteiger partial charge in [-0.05, 0) is 164 Å². The first-order valence-corrected chi connectivity index (χ1v) is 22.3. The average molecular weight is 810 g/mol. The van der Waals surface area contributed by atoms with Gasteiger partial charge in [-0.1, -0.05) is 178 Å². The molecule has 63 heavy (non-hydrogen) atoms. The number of fused-ring (bicyclic) bond motifs is 6. The first-order chi connectivity index (χ1) is 30.7. The smallest absolute Gasteiger partial charge is 0.0716 e. The second-order valence-electron chi connectivity index (χ2n) is 18.3. The fourth-order valence-corrected chi connectivity index (χ4v) is 11.0. The van der Waals surface area contributed by atoms with Crippen LogP contribution in [0.4, 0.5) is 17.1 Å². The van der Waals surface area contributed by atoms with Crippen LogP contribution in [-0.4, -0.2) is 0 Å². The van der Waals surface area contributed by atoms with Crippen molar-refractivity contribution in [1.29, 1.82) is 0 Å².